The number of hydrogen-bond donors (Lipinski definition) is 1. The van der Waals surface area contributed by atoms with E-state index in [9.17, 15) is 14.4 Å². The largest absolute Gasteiger partial charge is 0.322 e. The number of imide groups is 1. The van der Waals surface area contributed by atoms with Crippen molar-refractivity contribution in [1.29, 1.82) is 0 Å². The molecule has 33 heavy (non-hydrogen) atoms. The number of nitrogens with one attached hydrogen (secondary N) is 1. The molecule has 0 saturated carbocycles. The van der Waals surface area contributed by atoms with Gasteiger partial charge in [-0.3, -0.25) is 19.3 Å². The maximum atomic E-state index is 12.6. The predicted octanol–water partition coefficient (Wildman–Crippen LogP) is 4.79. The average Bonchev–Trinajstić information content (AvgIpc) is 3.38. The fraction of sp³-hybridized carbons (Fsp3) is 0.154. The molecule has 0 unspecified atom stereocenters. The number of amides is 3. The van der Waals surface area contributed by atoms with Crippen LogP contribution in [0.4, 0.5) is 5.69 Å². The standard InChI is InChI=1S/C26H21N3O3S/c30-24-13-14-25(31)29(24)16-18-5-9-19(10-6-18)26(32)27-20-11-7-17(8-12-20)15-23-28-21-3-1-2-4-22(21)33-23/h1-12H,13-16H2,(H,27,32). The molecule has 3 aromatic carbocycles. The Morgan fingerprint density at radius 3 is 2.24 bits per heavy atom. The first-order valence-corrected chi connectivity index (χ1v) is 11.5. The summed E-state index contributed by atoms with van der Waals surface area (Å²) in [5.41, 5.74) is 4.18. The summed E-state index contributed by atoms with van der Waals surface area (Å²) < 4.78 is 1.18. The lowest BCUT2D eigenvalue weighted by Crippen LogP contribution is -2.28. The van der Waals surface area contributed by atoms with Crippen LogP contribution in [0.5, 0.6) is 0 Å². The molecule has 0 atom stereocenters. The van der Waals surface area contributed by atoms with E-state index in [0.717, 1.165) is 28.1 Å². The molecule has 1 aromatic heterocycles. The van der Waals surface area contributed by atoms with E-state index in [4.69, 9.17) is 0 Å². The van der Waals surface area contributed by atoms with Crippen LogP contribution in [0.1, 0.15) is 39.3 Å². The second kappa shape index (κ2) is 8.96. The first-order valence-electron chi connectivity index (χ1n) is 10.7. The highest BCUT2D eigenvalue weighted by Gasteiger charge is 2.28. The lowest BCUT2D eigenvalue weighted by atomic mass is 10.1. The summed E-state index contributed by atoms with van der Waals surface area (Å²) in [7, 11) is 0. The zero-order chi connectivity index (χ0) is 22.8. The Balaban J connectivity index is 1.19. The van der Waals surface area contributed by atoms with Crippen molar-refractivity contribution < 1.29 is 14.4 Å². The molecule has 6 nitrogen and oxygen atoms in total. The van der Waals surface area contributed by atoms with E-state index in [1.165, 1.54) is 9.60 Å². The molecule has 1 fully saturated rings. The van der Waals surface area contributed by atoms with Gasteiger partial charge in [0.1, 0.15) is 0 Å². The second-order valence-corrected chi connectivity index (χ2v) is 9.09. The minimum atomic E-state index is -0.214. The fourth-order valence-electron chi connectivity index (χ4n) is 3.82. The van der Waals surface area contributed by atoms with E-state index in [2.05, 4.69) is 16.4 Å². The van der Waals surface area contributed by atoms with Gasteiger partial charge in [0.05, 0.1) is 21.8 Å². The summed E-state index contributed by atoms with van der Waals surface area (Å²) in [6.45, 7) is 0.246. The summed E-state index contributed by atoms with van der Waals surface area (Å²) in [6.07, 6.45) is 1.30. The van der Waals surface area contributed by atoms with Crippen LogP contribution in [-0.4, -0.2) is 27.6 Å². The van der Waals surface area contributed by atoms with Crippen molar-refractivity contribution in [3.05, 3.63) is 94.5 Å². The summed E-state index contributed by atoms with van der Waals surface area (Å²) in [4.78, 5) is 42.1. The van der Waals surface area contributed by atoms with Crippen LogP contribution in [0.25, 0.3) is 10.2 Å². The Hall–Kier alpha value is -3.84. The smallest absolute Gasteiger partial charge is 0.255 e. The molecule has 0 radical (unpaired) electrons. The number of anilines is 1. The van der Waals surface area contributed by atoms with Gasteiger partial charge in [-0.05, 0) is 47.5 Å². The van der Waals surface area contributed by atoms with Gasteiger partial charge in [-0.2, -0.15) is 0 Å². The number of aromatic nitrogens is 1. The minimum absolute atomic E-state index is 0.145. The lowest BCUT2D eigenvalue weighted by Gasteiger charge is -2.14. The number of benzene rings is 3. The molecule has 1 saturated heterocycles. The van der Waals surface area contributed by atoms with Crippen molar-refractivity contribution in [3.8, 4) is 0 Å². The van der Waals surface area contributed by atoms with Gasteiger partial charge in [-0.15, -0.1) is 11.3 Å². The molecule has 5 rings (SSSR count). The third kappa shape index (κ3) is 4.68. The van der Waals surface area contributed by atoms with Gasteiger partial charge >= 0.3 is 0 Å². The Labute approximate surface area is 194 Å². The zero-order valence-electron chi connectivity index (χ0n) is 17.8. The maximum Gasteiger partial charge on any atom is 0.255 e. The number of nitrogens with zero attached hydrogens (tertiary/aromatic N) is 2. The highest BCUT2D eigenvalue weighted by molar-refractivity contribution is 7.18. The van der Waals surface area contributed by atoms with E-state index >= 15 is 0 Å². The number of rotatable bonds is 6. The summed E-state index contributed by atoms with van der Waals surface area (Å²) in [5, 5.41) is 3.97. The van der Waals surface area contributed by atoms with Gasteiger partial charge in [0, 0.05) is 30.5 Å². The van der Waals surface area contributed by atoms with Crippen molar-refractivity contribution in [3.63, 3.8) is 0 Å². The molecule has 1 aliphatic heterocycles. The number of para-hydroxylation sites is 1. The van der Waals surface area contributed by atoms with Crippen LogP contribution >= 0.6 is 11.3 Å². The molecular weight excluding hydrogens is 434 g/mol. The Morgan fingerprint density at radius 1 is 0.879 bits per heavy atom. The van der Waals surface area contributed by atoms with Crippen molar-refractivity contribution in [2.75, 3.05) is 5.32 Å². The van der Waals surface area contributed by atoms with E-state index in [1.807, 2.05) is 42.5 Å². The zero-order valence-corrected chi connectivity index (χ0v) is 18.6. The Morgan fingerprint density at radius 2 is 1.55 bits per heavy atom. The number of carbonyl (C=O) groups excluding carboxylic acids is 3. The molecule has 0 aliphatic carbocycles. The Bertz CT molecular complexity index is 1290. The normalized spacial score (nSPS) is 13.6. The summed E-state index contributed by atoms with van der Waals surface area (Å²) in [6, 6.07) is 22.8. The first-order chi connectivity index (χ1) is 16.0. The SMILES string of the molecule is O=C(Nc1ccc(Cc2nc3ccccc3s2)cc1)c1ccc(CN2C(=O)CCC2=O)cc1. The van der Waals surface area contributed by atoms with Gasteiger partial charge in [-0.1, -0.05) is 36.4 Å². The highest BCUT2D eigenvalue weighted by Crippen LogP contribution is 2.24. The van der Waals surface area contributed by atoms with Gasteiger partial charge in [-0.25, -0.2) is 4.98 Å². The quantitative estimate of drug-likeness (QED) is 0.424. The van der Waals surface area contributed by atoms with Gasteiger partial charge in [0.15, 0.2) is 0 Å². The number of thiazole rings is 1. The van der Waals surface area contributed by atoms with Crippen LogP contribution in [0, 0.1) is 0 Å². The molecule has 0 spiro atoms. The third-order valence-corrected chi connectivity index (χ3v) is 6.65. The maximum absolute atomic E-state index is 12.6. The molecular formula is C26H21N3O3S. The molecule has 4 aromatic rings. The van der Waals surface area contributed by atoms with Gasteiger partial charge in [0.2, 0.25) is 11.8 Å². The number of fused-ring (bicyclic) bond motifs is 1. The minimum Gasteiger partial charge on any atom is -0.322 e. The molecule has 164 valence electrons. The predicted molar refractivity (Wildman–Crippen MR) is 128 cm³/mol. The summed E-state index contributed by atoms with van der Waals surface area (Å²) in [5.74, 6) is -0.504. The highest BCUT2D eigenvalue weighted by atomic mass is 32.1. The van der Waals surface area contributed by atoms with E-state index in [0.29, 0.717) is 11.3 Å². The van der Waals surface area contributed by atoms with Crippen molar-refractivity contribution in [2.45, 2.75) is 25.8 Å². The van der Waals surface area contributed by atoms with Crippen molar-refractivity contribution in [1.82, 2.24) is 9.88 Å². The molecule has 2 heterocycles. The van der Waals surface area contributed by atoms with Crippen LogP contribution < -0.4 is 5.32 Å². The van der Waals surface area contributed by atoms with Crippen molar-refractivity contribution >= 4 is 45.0 Å². The van der Waals surface area contributed by atoms with Gasteiger partial charge in [0.25, 0.3) is 5.91 Å². The lowest BCUT2D eigenvalue weighted by molar-refractivity contribution is -0.139. The first kappa shape index (κ1) is 21.0. The van der Waals surface area contributed by atoms with Gasteiger partial charge < -0.3 is 5.32 Å². The average molecular weight is 456 g/mol. The van der Waals surface area contributed by atoms with Crippen LogP contribution in [-0.2, 0) is 22.6 Å². The topological polar surface area (TPSA) is 79.4 Å². The van der Waals surface area contributed by atoms with E-state index in [-0.39, 0.29) is 37.1 Å². The third-order valence-electron chi connectivity index (χ3n) is 5.62. The van der Waals surface area contributed by atoms with Crippen molar-refractivity contribution in [2.24, 2.45) is 0 Å². The van der Waals surface area contributed by atoms with Crippen LogP contribution in [0.3, 0.4) is 0 Å². The molecule has 3 amide bonds. The number of likely N-dealkylation sites (tertiary alicyclic amines) is 1. The molecule has 1 aliphatic rings. The monoisotopic (exact) mass is 455 g/mol. The molecule has 1 N–H and O–H groups in total. The van der Waals surface area contributed by atoms with E-state index in [1.54, 1.807) is 35.6 Å². The number of hydrogen-bond acceptors (Lipinski definition) is 5. The summed E-state index contributed by atoms with van der Waals surface area (Å²) >= 11 is 1.69. The second-order valence-electron chi connectivity index (χ2n) is 7.97. The molecule has 7 heteroatoms. The number of carbonyl (C=O) groups is 3. The Kier molecular flexibility index (Phi) is 5.71. The molecule has 0 bridgehead atoms. The fourth-order valence-corrected chi connectivity index (χ4v) is 4.82. The van der Waals surface area contributed by atoms with Crippen LogP contribution in [0.15, 0.2) is 72.8 Å². The van der Waals surface area contributed by atoms with E-state index < -0.39 is 0 Å². The van der Waals surface area contributed by atoms with Crippen LogP contribution in [0.2, 0.25) is 0 Å².